The van der Waals surface area contributed by atoms with Crippen LogP contribution in [-0.4, -0.2) is 15.7 Å². The van der Waals surface area contributed by atoms with E-state index in [-0.39, 0.29) is 11.5 Å². The summed E-state index contributed by atoms with van der Waals surface area (Å²) in [5.74, 6) is 0.0110. The molecule has 0 amide bonds. The number of hydrogen-bond acceptors (Lipinski definition) is 5. The first kappa shape index (κ1) is 14.2. The zero-order valence-electron chi connectivity index (χ0n) is 10.8. The lowest BCUT2D eigenvalue weighted by molar-refractivity contribution is -0.384. The Morgan fingerprint density at radius 3 is 2.35 bits per heavy atom. The monoisotopic (exact) mass is 288 g/mol. The smallest absolute Gasteiger partial charge is 0.269 e. The Balaban J connectivity index is 2.10. The number of nitro benzene ring substituents is 1. The number of nitro groups is 1. The Hall–Kier alpha value is -2.21. The Kier molecular flexibility index (Phi) is 4.47. The first-order valence-corrected chi connectivity index (χ1v) is 6.83. The van der Waals surface area contributed by atoms with E-state index in [1.807, 2.05) is 6.07 Å². The number of Topliss-reactive ketones (excluding diaryl/α,β-unsaturated/α-hetero) is 1. The van der Waals surface area contributed by atoms with E-state index in [0.29, 0.717) is 12.1 Å². The van der Waals surface area contributed by atoms with E-state index >= 15 is 0 Å². The van der Waals surface area contributed by atoms with Crippen molar-refractivity contribution in [1.29, 1.82) is 0 Å². The van der Waals surface area contributed by atoms with E-state index in [2.05, 4.69) is 4.98 Å². The summed E-state index contributed by atoms with van der Waals surface area (Å²) < 4.78 is 0. The quantitative estimate of drug-likeness (QED) is 0.476. The van der Waals surface area contributed by atoms with Crippen molar-refractivity contribution in [2.24, 2.45) is 0 Å². The average molecular weight is 288 g/mol. The van der Waals surface area contributed by atoms with Crippen LogP contribution in [-0.2, 0) is 0 Å². The summed E-state index contributed by atoms with van der Waals surface area (Å²) in [5.41, 5.74) is 0.525. The molecule has 0 aliphatic rings. The van der Waals surface area contributed by atoms with Gasteiger partial charge in [0.2, 0.25) is 0 Å². The summed E-state index contributed by atoms with van der Waals surface area (Å²) in [7, 11) is 0. The van der Waals surface area contributed by atoms with E-state index in [1.54, 1.807) is 31.3 Å². The SMILES string of the molecule is CCC(=O)c1ccc(Sc2ccc([N+](=O)[O-])cc2)cn1. The van der Waals surface area contributed by atoms with E-state index in [4.69, 9.17) is 0 Å². The van der Waals surface area contributed by atoms with Gasteiger partial charge in [-0.2, -0.15) is 0 Å². The van der Waals surface area contributed by atoms with Gasteiger partial charge in [-0.05, 0) is 24.3 Å². The fraction of sp³-hybridized carbons (Fsp3) is 0.143. The minimum atomic E-state index is -0.429. The van der Waals surface area contributed by atoms with Crippen LogP contribution in [0.15, 0.2) is 52.4 Å². The molecule has 1 aromatic heterocycles. The highest BCUT2D eigenvalue weighted by atomic mass is 32.2. The van der Waals surface area contributed by atoms with Gasteiger partial charge in [-0.1, -0.05) is 18.7 Å². The van der Waals surface area contributed by atoms with E-state index in [0.717, 1.165) is 9.79 Å². The molecule has 0 aliphatic carbocycles. The van der Waals surface area contributed by atoms with Gasteiger partial charge in [0.1, 0.15) is 5.69 Å². The van der Waals surface area contributed by atoms with Crippen molar-refractivity contribution in [1.82, 2.24) is 4.98 Å². The molecule has 1 aromatic carbocycles. The van der Waals surface area contributed by atoms with Gasteiger partial charge in [0.25, 0.3) is 5.69 Å². The number of nitrogens with zero attached hydrogens (tertiary/aromatic N) is 2. The molecule has 20 heavy (non-hydrogen) atoms. The summed E-state index contributed by atoms with van der Waals surface area (Å²) in [6, 6.07) is 9.82. The molecule has 0 aliphatic heterocycles. The molecule has 0 bridgehead atoms. The summed E-state index contributed by atoms with van der Waals surface area (Å²) in [6.07, 6.45) is 2.07. The van der Waals surface area contributed by atoms with Gasteiger partial charge in [0.05, 0.1) is 4.92 Å². The molecule has 0 saturated heterocycles. The highest BCUT2D eigenvalue weighted by Gasteiger charge is 2.07. The molecule has 0 spiro atoms. The zero-order chi connectivity index (χ0) is 14.5. The van der Waals surface area contributed by atoms with Gasteiger partial charge < -0.3 is 0 Å². The first-order valence-electron chi connectivity index (χ1n) is 6.01. The molecule has 2 aromatic rings. The topological polar surface area (TPSA) is 73.1 Å². The molecular weight excluding hydrogens is 276 g/mol. The lowest BCUT2D eigenvalue weighted by Crippen LogP contribution is -1.99. The maximum Gasteiger partial charge on any atom is 0.269 e. The van der Waals surface area contributed by atoms with Crippen molar-refractivity contribution in [3.63, 3.8) is 0 Å². The maximum absolute atomic E-state index is 11.5. The second-order valence-electron chi connectivity index (χ2n) is 4.01. The van der Waals surface area contributed by atoms with Gasteiger partial charge in [0.15, 0.2) is 5.78 Å². The van der Waals surface area contributed by atoms with E-state index in [1.165, 1.54) is 23.9 Å². The van der Waals surface area contributed by atoms with Crippen LogP contribution in [0.5, 0.6) is 0 Å². The van der Waals surface area contributed by atoms with Crippen LogP contribution in [0.1, 0.15) is 23.8 Å². The predicted molar refractivity (Wildman–Crippen MR) is 76.1 cm³/mol. The number of benzene rings is 1. The van der Waals surface area contributed by atoms with Crippen LogP contribution >= 0.6 is 11.8 Å². The number of carbonyl (C=O) groups is 1. The second-order valence-corrected chi connectivity index (χ2v) is 5.16. The Morgan fingerprint density at radius 2 is 1.85 bits per heavy atom. The Bertz CT molecular complexity index is 624. The van der Waals surface area contributed by atoms with Crippen LogP contribution in [0.4, 0.5) is 5.69 Å². The van der Waals surface area contributed by atoms with E-state index in [9.17, 15) is 14.9 Å². The molecule has 0 fully saturated rings. The second kappa shape index (κ2) is 6.29. The zero-order valence-corrected chi connectivity index (χ0v) is 11.6. The van der Waals surface area contributed by atoms with Crippen LogP contribution < -0.4 is 0 Å². The molecule has 2 rings (SSSR count). The van der Waals surface area contributed by atoms with Crippen LogP contribution in [0, 0.1) is 10.1 Å². The first-order chi connectivity index (χ1) is 9.60. The highest BCUT2D eigenvalue weighted by molar-refractivity contribution is 7.99. The van der Waals surface area contributed by atoms with Gasteiger partial charge >= 0.3 is 0 Å². The lowest BCUT2D eigenvalue weighted by Gasteiger charge is -2.02. The number of hydrogen-bond donors (Lipinski definition) is 0. The molecule has 0 radical (unpaired) electrons. The number of rotatable bonds is 5. The number of pyridine rings is 1. The van der Waals surface area contributed by atoms with Crippen molar-refractivity contribution in [3.8, 4) is 0 Å². The fourth-order valence-electron chi connectivity index (χ4n) is 1.56. The van der Waals surface area contributed by atoms with Gasteiger partial charge in [0, 0.05) is 34.5 Å². The van der Waals surface area contributed by atoms with Crippen LogP contribution in [0.25, 0.3) is 0 Å². The van der Waals surface area contributed by atoms with Crippen molar-refractivity contribution in [3.05, 3.63) is 58.4 Å². The molecule has 0 saturated carbocycles. The molecular formula is C14H12N2O3S. The third kappa shape index (κ3) is 3.42. The molecule has 0 N–H and O–H groups in total. The third-order valence-corrected chi connectivity index (χ3v) is 3.61. The maximum atomic E-state index is 11.5. The van der Waals surface area contributed by atoms with Gasteiger partial charge in [-0.3, -0.25) is 19.9 Å². The molecule has 0 unspecified atom stereocenters. The largest absolute Gasteiger partial charge is 0.292 e. The minimum absolute atomic E-state index is 0.0110. The number of ketones is 1. The number of carbonyl (C=O) groups excluding carboxylic acids is 1. The fourth-order valence-corrected chi connectivity index (χ4v) is 2.34. The Morgan fingerprint density at radius 1 is 1.20 bits per heavy atom. The normalized spacial score (nSPS) is 10.2. The summed E-state index contributed by atoms with van der Waals surface area (Å²) in [4.78, 5) is 27.5. The molecule has 102 valence electrons. The van der Waals surface area contributed by atoms with Crippen molar-refractivity contribution < 1.29 is 9.72 Å². The van der Waals surface area contributed by atoms with Crippen LogP contribution in [0.2, 0.25) is 0 Å². The molecule has 5 nitrogen and oxygen atoms in total. The highest BCUT2D eigenvalue weighted by Crippen LogP contribution is 2.28. The number of non-ortho nitro benzene ring substituents is 1. The van der Waals surface area contributed by atoms with Gasteiger partial charge in [-0.25, -0.2) is 0 Å². The Labute approximate surface area is 120 Å². The lowest BCUT2D eigenvalue weighted by atomic mass is 10.2. The predicted octanol–water partition coefficient (Wildman–Crippen LogP) is 3.73. The van der Waals surface area contributed by atoms with E-state index < -0.39 is 4.92 Å². The van der Waals surface area contributed by atoms with Crippen molar-refractivity contribution in [2.75, 3.05) is 0 Å². The standard InChI is InChI=1S/C14H12N2O3S/c1-2-14(17)13-8-7-12(9-15-13)20-11-5-3-10(4-6-11)16(18)19/h3-9H,2H2,1H3. The molecule has 0 atom stereocenters. The number of aromatic nitrogens is 1. The third-order valence-electron chi connectivity index (χ3n) is 2.63. The summed E-state index contributed by atoms with van der Waals surface area (Å²) in [6.45, 7) is 1.80. The summed E-state index contributed by atoms with van der Waals surface area (Å²) >= 11 is 1.44. The molecule has 1 heterocycles. The van der Waals surface area contributed by atoms with Crippen LogP contribution in [0.3, 0.4) is 0 Å². The average Bonchev–Trinajstić information content (AvgIpc) is 2.48. The minimum Gasteiger partial charge on any atom is -0.292 e. The van der Waals surface area contributed by atoms with Crippen molar-refractivity contribution >= 4 is 23.2 Å². The van der Waals surface area contributed by atoms with Crippen molar-refractivity contribution in [2.45, 2.75) is 23.1 Å². The summed E-state index contributed by atoms with van der Waals surface area (Å²) in [5, 5.41) is 10.6. The molecule has 6 heteroatoms. The van der Waals surface area contributed by atoms with Gasteiger partial charge in [-0.15, -0.1) is 0 Å².